The van der Waals surface area contributed by atoms with Crippen LogP contribution in [0.3, 0.4) is 0 Å². The number of benzene rings is 2. The molecule has 1 unspecified atom stereocenters. The third-order valence-corrected chi connectivity index (χ3v) is 4.49. The first-order valence-corrected chi connectivity index (χ1v) is 6.57. The fourth-order valence-electron chi connectivity index (χ4n) is 3.67. The van der Waals surface area contributed by atoms with Crippen molar-refractivity contribution in [1.82, 2.24) is 0 Å². The van der Waals surface area contributed by atoms with Crippen LogP contribution in [0.25, 0.3) is 10.8 Å². The number of rotatable bonds is 1. The maximum absolute atomic E-state index is 12.8. The Labute approximate surface area is 111 Å². The Morgan fingerprint density at radius 2 is 2.00 bits per heavy atom. The average Bonchev–Trinajstić information content (AvgIpc) is 2.66. The van der Waals surface area contributed by atoms with Gasteiger partial charge in [0.2, 0.25) is 5.78 Å². The molecule has 1 heterocycles. The van der Waals surface area contributed by atoms with E-state index in [0.29, 0.717) is 0 Å². The lowest BCUT2D eigenvalue weighted by atomic mass is 9.72. The van der Waals surface area contributed by atoms with Gasteiger partial charge in [-0.2, -0.15) is 0 Å². The topological polar surface area (TPSA) is 26.3 Å². The van der Waals surface area contributed by atoms with Gasteiger partial charge in [-0.3, -0.25) is 4.79 Å². The lowest BCUT2D eigenvalue weighted by Crippen LogP contribution is -2.58. The van der Waals surface area contributed by atoms with Crippen LogP contribution in [-0.4, -0.2) is 11.9 Å². The molecule has 0 aromatic heterocycles. The van der Waals surface area contributed by atoms with Crippen molar-refractivity contribution >= 4 is 16.6 Å². The Bertz CT molecular complexity index is 726. The van der Waals surface area contributed by atoms with E-state index in [1.807, 2.05) is 49.4 Å². The molecule has 19 heavy (non-hydrogen) atoms. The molecule has 0 saturated carbocycles. The largest absolute Gasteiger partial charge is 0.358 e. The molecule has 0 N–H and O–H groups in total. The molecule has 2 aliphatic rings. The summed E-state index contributed by atoms with van der Waals surface area (Å²) in [6.07, 6.45) is 1.91. The summed E-state index contributed by atoms with van der Waals surface area (Å²) in [5, 5.41) is 2.15. The summed E-state index contributed by atoms with van der Waals surface area (Å²) in [6.45, 7) is 5.88. The van der Waals surface area contributed by atoms with Crippen LogP contribution in [0, 0.1) is 5.92 Å². The van der Waals surface area contributed by atoms with Crippen LogP contribution in [0.1, 0.15) is 22.8 Å². The van der Waals surface area contributed by atoms with Crippen molar-refractivity contribution in [2.45, 2.75) is 18.6 Å². The molecule has 1 spiro atoms. The Morgan fingerprint density at radius 3 is 2.68 bits per heavy atom. The van der Waals surface area contributed by atoms with Gasteiger partial charge in [0.05, 0.1) is 6.10 Å². The van der Waals surface area contributed by atoms with Crippen molar-refractivity contribution in [3.05, 3.63) is 60.2 Å². The molecule has 1 saturated heterocycles. The first-order chi connectivity index (χ1) is 9.20. The van der Waals surface area contributed by atoms with E-state index in [1.54, 1.807) is 0 Å². The molecule has 0 bridgehead atoms. The molecule has 0 radical (unpaired) electrons. The summed E-state index contributed by atoms with van der Waals surface area (Å²) in [5.74, 6) is 0.139. The van der Waals surface area contributed by atoms with Crippen molar-refractivity contribution in [2.75, 3.05) is 0 Å². The standard InChI is InChI=1S/C17H14O2/c1-3-13-10(2)19-17(13)14-9-5-7-11-6-4-8-12(15(11)14)16(17)18/h3-10,13H,1H2,2H3/t10-,13-,17?/m0/s1. The molecule has 1 aliphatic heterocycles. The predicted octanol–water partition coefficient (Wildman–Crippen LogP) is 3.45. The highest BCUT2D eigenvalue weighted by Gasteiger charge is 2.62. The maximum atomic E-state index is 12.8. The second kappa shape index (κ2) is 3.34. The monoisotopic (exact) mass is 250 g/mol. The maximum Gasteiger partial charge on any atom is 0.200 e. The quantitative estimate of drug-likeness (QED) is 0.724. The summed E-state index contributed by atoms with van der Waals surface area (Å²) in [4.78, 5) is 12.8. The Kier molecular flexibility index (Phi) is 1.92. The molecule has 2 aromatic carbocycles. The minimum atomic E-state index is -0.815. The number of ketones is 1. The molecule has 1 fully saturated rings. The van der Waals surface area contributed by atoms with Crippen molar-refractivity contribution in [3.63, 3.8) is 0 Å². The third-order valence-electron chi connectivity index (χ3n) is 4.49. The van der Waals surface area contributed by atoms with Crippen LogP contribution in [0.15, 0.2) is 49.1 Å². The van der Waals surface area contributed by atoms with Gasteiger partial charge < -0.3 is 4.74 Å². The van der Waals surface area contributed by atoms with Gasteiger partial charge in [-0.05, 0) is 17.7 Å². The summed E-state index contributed by atoms with van der Waals surface area (Å²) in [7, 11) is 0. The molecule has 2 aromatic rings. The average molecular weight is 250 g/mol. The van der Waals surface area contributed by atoms with Gasteiger partial charge in [0, 0.05) is 17.0 Å². The number of fused-ring (bicyclic) bond motifs is 1. The summed E-state index contributed by atoms with van der Waals surface area (Å²) < 4.78 is 5.96. The SMILES string of the molecule is C=C[C@H]1[C@H](C)OC12C(=O)c1cccc3cccc2c13. The molecule has 2 nitrogen and oxygen atoms in total. The van der Waals surface area contributed by atoms with Gasteiger partial charge in [-0.25, -0.2) is 0 Å². The highest BCUT2D eigenvalue weighted by molar-refractivity contribution is 6.20. The number of carbonyl (C=O) groups is 1. The number of hydrogen-bond acceptors (Lipinski definition) is 2. The van der Waals surface area contributed by atoms with Gasteiger partial charge in [0.1, 0.15) is 0 Å². The van der Waals surface area contributed by atoms with Gasteiger partial charge in [-0.15, -0.1) is 6.58 Å². The van der Waals surface area contributed by atoms with Crippen molar-refractivity contribution in [2.24, 2.45) is 5.92 Å². The zero-order chi connectivity index (χ0) is 13.2. The molecule has 94 valence electrons. The van der Waals surface area contributed by atoms with Gasteiger partial charge in [-0.1, -0.05) is 42.5 Å². The van der Waals surface area contributed by atoms with Crippen LogP contribution in [-0.2, 0) is 10.3 Å². The molecular weight excluding hydrogens is 236 g/mol. The first-order valence-electron chi connectivity index (χ1n) is 6.57. The molecule has 1 aliphatic carbocycles. The van der Waals surface area contributed by atoms with Gasteiger partial charge in [0.25, 0.3) is 0 Å². The van der Waals surface area contributed by atoms with E-state index in [0.717, 1.165) is 21.9 Å². The van der Waals surface area contributed by atoms with Crippen LogP contribution in [0.5, 0.6) is 0 Å². The zero-order valence-electron chi connectivity index (χ0n) is 10.7. The Hall–Kier alpha value is -1.93. The Balaban J connectivity index is 2.08. The number of carbonyl (C=O) groups excluding carboxylic acids is 1. The first kappa shape index (κ1) is 10.9. The smallest absolute Gasteiger partial charge is 0.200 e. The fraction of sp³-hybridized carbons (Fsp3) is 0.235. The minimum Gasteiger partial charge on any atom is -0.358 e. The minimum absolute atomic E-state index is 0.0472. The van der Waals surface area contributed by atoms with Crippen molar-refractivity contribution < 1.29 is 9.53 Å². The van der Waals surface area contributed by atoms with E-state index in [2.05, 4.69) is 6.58 Å². The normalized spacial score (nSPS) is 31.7. The number of ether oxygens (including phenoxy) is 1. The number of Topliss-reactive ketones (excluding diaryl/α,β-unsaturated/α-hetero) is 1. The summed E-state index contributed by atoms with van der Waals surface area (Å²) in [6, 6.07) is 11.9. The summed E-state index contributed by atoms with van der Waals surface area (Å²) >= 11 is 0. The van der Waals surface area contributed by atoms with Gasteiger partial charge >= 0.3 is 0 Å². The molecule has 2 heteroatoms. The molecule has 0 amide bonds. The van der Waals surface area contributed by atoms with E-state index in [9.17, 15) is 4.79 Å². The predicted molar refractivity (Wildman–Crippen MR) is 74.2 cm³/mol. The van der Waals surface area contributed by atoms with Crippen molar-refractivity contribution in [1.29, 1.82) is 0 Å². The van der Waals surface area contributed by atoms with Crippen LogP contribution < -0.4 is 0 Å². The summed E-state index contributed by atoms with van der Waals surface area (Å²) in [5.41, 5.74) is 0.977. The Morgan fingerprint density at radius 1 is 1.26 bits per heavy atom. The van der Waals surface area contributed by atoms with E-state index < -0.39 is 5.60 Å². The van der Waals surface area contributed by atoms with Crippen LogP contribution in [0.2, 0.25) is 0 Å². The molecule has 4 rings (SSSR count). The molecule has 3 atom stereocenters. The van der Waals surface area contributed by atoms with E-state index in [1.165, 1.54) is 0 Å². The van der Waals surface area contributed by atoms with E-state index in [-0.39, 0.29) is 17.8 Å². The van der Waals surface area contributed by atoms with E-state index >= 15 is 0 Å². The van der Waals surface area contributed by atoms with E-state index in [4.69, 9.17) is 4.74 Å². The number of hydrogen-bond donors (Lipinski definition) is 0. The van der Waals surface area contributed by atoms with Gasteiger partial charge in [0.15, 0.2) is 5.60 Å². The van der Waals surface area contributed by atoms with Crippen molar-refractivity contribution in [3.8, 4) is 0 Å². The van der Waals surface area contributed by atoms with Crippen LogP contribution in [0.4, 0.5) is 0 Å². The second-order valence-corrected chi connectivity index (χ2v) is 5.36. The highest BCUT2D eigenvalue weighted by atomic mass is 16.5. The lowest BCUT2D eigenvalue weighted by molar-refractivity contribution is -0.209. The lowest BCUT2D eigenvalue weighted by Gasteiger charge is -2.50. The third kappa shape index (κ3) is 1.05. The van der Waals surface area contributed by atoms with Crippen LogP contribution >= 0.6 is 0 Å². The zero-order valence-corrected chi connectivity index (χ0v) is 10.7. The molecular formula is C17H14O2. The fourth-order valence-corrected chi connectivity index (χ4v) is 3.67. The highest BCUT2D eigenvalue weighted by Crippen LogP contribution is 2.55. The second-order valence-electron chi connectivity index (χ2n) is 5.36.